The standard InChI is InChI=1S/C9H10ClN3S2/c1-2-4-14-5-3-12-9-7(6-11)8(10)13-15-9/h2,12H,1,3-5H2. The van der Waals surface area contributed by atoms with Gasteiger partial charge in [0.1, 0.15) is 16.6 Å². The third-order valence-corrected chi connectivity index (χ3v) is 3.67. The second kappa shape index (κ2) is 6.72. The second-order valence-corrected chi connectivity index (χ2v) is 4.86. The fraction of sp³-hybridized carbons (Fsp3) is 0.333. The van der Waals surface area contributed by atoms with Gasteiger partial charge in [-0.15, -0.1) is 6.58 Å². The van der Waals surface area contributed by atoms with Crippen LogP contribution in [-0.2, 0) is 0 Å². The molecule has 15 heavy (non-hydrogen) atoms. The van der Waals surface area contributed by atoms with Crippen molar-refractivity contribution in [1.29, 1.82) is 5.26 Å². The number of aromatic nitrogens is 1. The number of thioether (sulfide) groups is 1. The number of nitrogens with zero attached hydrogens (tertiary/aromatic N) is 2. The van der Waals surface area contributed by atoms with Crippen molar-refractivity contribution in [2.45, 2.75) is 0 Å². The van der Waals surface area contributed by atoms with Crippen LogP contribution in [0.5, 0.6) is 0 Å². The van der Waals surface area contributed by atoms with E-state index in [1.807, 2.05) is 12.1 Å². The Kier molecular flexibility index (Phi) is 5.54. The smallest absolute Gasteiger partial charge is 0.162 e. The van der Waals surface area contributed by atoms with E-state index < -0.39 is 0 Å². The first-order chi connectivity index (χ1) is 7.29. The monoisotopic (exact) mass is 259 g/mol. The van der Waals surface area contributed by atoms with Crippen LogP contribution in [0.2, 0.25) is 5.15 Å². The molecule has 0 unspecified atom stereocenters. The minimum absolute atomic E-state index is 0.281. The van der Waals surface area contributed by atoms with Crippen molar-refractivity contribution in [2.75, 3.05) is 23.4 Å². The summed E-state index contributed by atoms with van der Waals surface area (Å²) in [5, 5.41) is 13.0. The van der Waals surface area contributed by atoms with Crippen molar-refractivity contribution >= 4 is 39.9 Å². The summed E-state index contributed by atoms with van der Waals surface area (Å²) >= 11 is 8.73. The van der Waals surface area contributed by atoms with Crippen molar-refractivity contribution < 1.29 is 0 Å². The van der Waals surface area contributed by atoms with E-state index in [0.29, 0.717) is 5.56 Å². The fourth-order valence-electron chi connectivity index (χ4n) is 0.892. The van der Waals surface area contributed by atoms with Crippen LogP contribution in [0.25, 0.3) is 0 Å². The Morgan fingerprint density at radius 3 is 3.20 bits per heavy atom. The molecule has 1 N–H and O–H groups in total. The topological polar surface area (TPSA) is 48.7 Å². The van der Waals surface area contributed by atoms with E-state index in [4.69, 9.17) is 16.9 Å². The maximum absolute atomic E-state index is 8.80. The van der Waals surface area contributed by atoms with E-state index >= 15 is 0 Å². The first kappa shape index (κ1) is 12.4. The van der Waals surface area contributed by atoms with E-state index in [0.717, 1.165) is 23.1 Å². The number of halogens is 1. The maximum Gasteiger partial charge on any atom is 0.162 e. The molecule has 0 atom stereocenters. The van der Waals surface area contributed by atoms with Gasteiger partial charge in [-0.05, 0) is 11.5 Å². The largest absolute Gasteiger partial charge is 0.374 e. The highest BCUT2D eigenvalue weighted by Gasteiger charge is 2.10. The van der Waals surface area contributed by atoms with E-state index in [2.05, 4.69) is 16.3 Å². The SMILES string of the molecule is C=CCSCCNc1snc(Cl)c1C#N. The molecule has 3 nitrogen and oxygen atoms in total. The summed E-state index contributed by atoms with van der Waals surface area (Å²) in [5.41, 5.74) is 0.440. The van der Waals surface area contributed by atoms with Gasteiger partial charge in [0, 0.05) is 18.1 Å². The molecule has 1 heterocycles. The summed E-state index contributed by atoms with van der Waals surface area (Å²) in [6.07, 6.45) is 1.87. The molecule has 1 aromatic heterocycles. The lowest BCUT2D eigenvalue weighted by Crippen LogP contribution is -2.03. The molecule has 0 radical (unpaired) electrons. The predicted molar refractivity (Wildman–Crippen MR) is 67.9 cm³/mol. The third-order valence-electron chi connectivity index (χ3n) is 1.53. The van der Waals surface area contributed by atoms with Gasteiger partial charge in [0.25, 0.3) is 0 Å². The fourth-order valence-corrected chi connectivity index (χ4v) is 2.43. The minimum atomic E-state index is 0.281. The van der Waals surface area contributed by atoms with Crippen LogP contribution in [0.4, 0.5) is 5.00 Å². The molecule has 0 fully saturated rings. The van der Waals surface area contributed by atoms with Crippen LogP contribution < -0.4 is 5.32 Å². The van der Waals surface area contributed by atoms with E-state index in [1.54, 1.807) is 11.8 Å². The summed E-state index contributed by atoms with van der Waals surface area (Å²) in [7, 11) is 0. The Labute approximate surface area is 102 Å². The Morgan fingerprint density at radius 2 is 2.53 bits per heavy atom. The zero-order chi connectivity index (χ0) is 11.1. The molecule has 0 aliphatic carbocycles. The lowest BCUT2D eigenvalue weighted by molar-refractivity contribution is 1.24. The number of anilines is 1. The van der Waals surface area contributed by atoms with Crippen LogP contribution in [0.3, 0.4) is 0 Å². The molecule has 0 amide bonds. The molecule has 6 heteroatoms. The highest BCUT2D eigenvalue weighted by molar-refractivity contribution is 7.99. The van der Waals surface area contributed by atoms with Gasteiger partial charge in [-0.2, -0.15) is 21.4 Å². The molecule has 0 bridgehead atoms. The van der Waals surface area contributed by atoms with Crippen LogP contribution in [0, 0.1) is 11.3 Å². The van der Waals surface area contributed by atoms with Gasteiger partial charge >= 0.3 is 0 Å². The van der Waals surface area contributed by atoms with Crippen molar-refractivity contribution in [3.05, 3.63) is 23.4 Å². The zero-order valence-corrected chi connectivity index (χ0v) is 10.4. The van der Waals surface area contributed by atoms with Gasteiger partial charge in [0.2, 0.25) is 0 Å². The molecule has 0 saturated carbocycles. The first-order valence-electron chi connectivity index (χ1n) is 4.27. The summed E-state index contributed by atoms with van der Waals surface area (Å²) in [4.78, 5) is 0. The maximum atomic E-state index is 8.80. The van der Waals surface area contributed by atoms with Gasteiger partial charge in [-0.1, -0.05) is 17.7 Å². The van der Waals surface area contributed by atoms with E-state index in [9.17, 15) is 0 Å². The number of hydrogen-bond acceptors (Lipinski definition) is 5. The molecule has 0 saturated heterocycles. The van der Waals surface area contributed by atoms with Crippen LogP contribution in [0.1, 0.15) is 5.56 Å². The Hall–Kier alpha value is -0.700. The molecule has 1 aromatic rings. The van der Waals surface area contributed by atoms with Gasteiger partial charge in [0.05, 0.1) is 0 Å². The Balaban J connectivity index is 2.38. The summed E-state index contributed by atoms with van der Waals surface area (Å²) < 4.78 is 3.90. The van der Waals surface area contributed by atoms with Crippen LogP contribution in [0.15, 0.2) is 12.7 Å². The lowest BCUT2D eigenvalue weighted by Gasteiger charge is -2.01. The molecular formula is C9H10ClN3S2. The number of nitriles is 1. The molecule has 80 valence electrons. The highest BCUT2D eigenvalue weighted by Crippen LogP contribution is 2.27. The molecule has 1 rings (SSSR count). The van der Waals surface area contributed by atoms with Crippen molar-refractivity contribution in [3.63, 3.8) is 0 Å². The first-order valence-corrected chi connectivity index (χ1v) is 6.58. The average molecular weight is 260 g/mol. The Bertz CT molecular complexity index is 370. The van der Waals surface area contributed by atoms with E-state index in [1.165, 1.54) is 11.5 Å². The van der Waals surface area contributed by atoms with Gasteiger partial charge in [-0.25, -0.2) is 0 Å². The average Bonchev–Trinajstić information content (AvgIpc) is 2.59. The summed E-state index contributed by atoms with van der Waals surface area (Å²) in [6.45, 7) is 4.43. The van der Waals surface area contributed by atoms with Crippen LogP contribution >= 0.6 is 34.9 Å². The molecule has 0 aliphatic rings. The van der Waals surface area contributed by atoms with Gasteiger partial charge < -0.3 is 5.32 Å². The highest BCUT2D eigenvalue weighted by atomic mass is 35.5. The predicted octanol–water partition coefficient (Wildman–Crippen LogP) is 3.00. The minimum Gasteiger partial charge on any atom is -0.374 e. The zero-order valence-electron chi connectivity index (χ0n) is 7.99. The number of nitrogens with one attached hydrogen (secondary N) is 1. The second-order valence-electron chi connectivity index (χ2n) is 2.58. The third kappa shape index (κ3) is 3.74. The van der Waals surface area contributed by atoms with E-state index in [-0.39, 0.29) is 5.15 Å². The summed E-state index contributed by atoms with van der Waals surface area (Å²) in [6, 6.07) is 2.03. The summed E-state index contributed by atoms with van der Waals surface area (Å²) in [5.74, 6) is 1.91. The molecule has 0 spiro atoms. The molecule has 0 aliphatic heterocycles. The van der Waals surface area contributed by atoms with Gasteiger partial charge in [-0.3, -0.25) is 0 Å². The Morgan fingerprint density at radius 1 is 1.73 bits per heavy atom. The molecular weight excluding hydrogens is 250 g/mol. The van der Waals surface area contributed by atoms with Gasteiger partial charge in [0.15, 0.2) is 5.15 Å². The van der Waals surface area contributed by atoms with Crippen molar-refractivity contribution in [2.24, 2.45) is 0 Å². The van der Waals surface area contributed by atoms with Crippen molar-refractivity contribution in [3.8, 4) is 6.07 Å². The lowest BCUT2D eigenvalue weighted by atomic mass is 10.4. The van der Waals surface area contributed by atoms with Crippen molar-refractivity contribution in [1.82, 2.24) is 4.37 Å². The quantitative estimate of drug-likeness (QED) is 0.630. The number of rotatable bonds is 6. The normalized spacial score (nSPS) is 9.60. The molecule has 0 aromatic carbocycles. The number of hydrogen-bond donors (Lipinski definition) is 1. The van der Waals surface area contributed by atoms with Crippen LogP contribution in [-0.4, -0.2) is 22.4 Å².